The van der Waals surface area contributed by atoms with E-state index in [1.807, 2.05) is 0 Å². The van der Waals surface area contributed by atoms with Crippen LogP contribution in [0, 0.1) is 6.92 Å². The van der Waals surface area contributed by atoms with Gasteiger partial charge in [0.05, 0.1) is 0 Å². The molecule has 21 heavy (non-hydrogen) atoms. The van der Waals surface area contributed by atoms with Crippen LogP contribution in [0.25, 0.3) is 0 Å². The predicted octanol–water partition coefficient (Wildman–Crippen LogP) is 5.91. The molecule has 0 saturated heterocycles. The topological polar surface area (TPSA) is 0 Å². The Hall–Kier alpha value is -1.99. The van der Waals surface area contributed by atoms with E-state index in [2.05, 4.69) is 98.1 Å². The fourth-order valence-corrected chi connectivity index (χ4v) is 5.50. The summed E-state index contributed by atoms with van der Waals surface area (Å²) in [6, 6.07) is 30.7. The van der Waals surface area contributed by atoms with Crippen LogP contribution in [0.5, 0.6) is 0 Å². The molecule has 0 atom stereocenters. The van der Waals surface area contributed by atoms with Crippen molar-refractivity contribution in [2.45, 2.75) is 21.6 Å². The molecule has 0 amide bonds. The minimum absolute atomic E-state index is 1.19. The van der Waals surface area contributed by atoms with Crippen molar-refractivity contribution < 1.29 is 0 Å². The lowest BCUT2D eigenvalue weighted by atomic mass is 10.2. The molecule has 0 aromatic heterocycles. The van der Waals surface area contributed by atoms with E-state index in [1.54, 1.807) is 0 Å². The van der Waals surface area contributed by atoms with Gasteiger partial charge < -0.3 is 0 Å². The second kappa shape index (κ2) is 5.79. The van der Waals surface area contributed by atoms with Gasteiger partial charge in [0.15, 0.2) is 0 Å². The minimum Gasteiger partial charge on any atom is -0.163 e. The smallest absolute Gasteiger partial charge is 0.00210 e. The molecular formula is C20H20S. The Morgan fingerprint density at radius 3 is 1.33 bits per heavy atom. The van der Waals surface area contributed by atoms with Crippen molar-refractivity contribution in [3.05, 3.63) is 90.5 Å². The molecule has 1 heteroatoms. The molecule has 3 rings (SSSR count). The van der Waals surface area contributed by atoms with E-state index in [9.17, 15) is 0 Å². The molecule has 0 aliphatic carbocycles. The van der Waals surface area contributed by atoms with Crippen molar-refractivity contribution in [1.29, 1.82) is 0 Å². The Balaban J connectivity index is 2.23. The van der Waals surface area contributed by atoms with E-state index in [0.29, 0.717) is 0 Å². The zero-order valence-electron chi connectivity index (χ0n) is 12.5. The van der Waals surface area contributed by atoms with E-state index in [1.165, 1.54) is 20.2 Å². The lowest BCUT2D eigenvalue weighted by Gasteiger charge is -2.37. The second-order valence-corrected chi connectivity index (χ2v) is 8.61. The third-order valence-electron chi connectivity index (χ3n) is 3.92. The molecule has 0 saturated carbocycles. The van der Waals surface area contributed by atoms with Gasteiger partial charge in [0.25, 0.3) is 0 Å². The van der Waals surface area contributed by atoms with Gasteiger partial charge >= 0.3 is 0 Å². The second-order valence-electron chi connectivity index (χ2n) is 5.36. The maximum Gasteiger partial charge on any atom is -0.00210 e. The number of benzene rings is 3. The van der Waals surface area contributed by atoms with E-state index in [4.69, 9.17) is 0 Å². The minimum atomic E-state index is -1.19. The zero-order chi connectivity index (χ0) is 14.7. The van der Waals surface area contributed by atoms with Gasteiger partial charge in [0.2, 0.25) is 0 Å². The van der Waals surface area contributed by atoms with Crippen molar-refractivity contribution in [2.24, 2.45) is 0 Å². The van der Waals surface area contributed by atoms with Gasteiger partial charge in [-0.1, -0.05) is 54.1 Å². The van der Waals surface area contributed by atoms with E-state index >= 15 is 0 Å². The van der Waals surface area contributed by atoms with Crippen LogP contribution in [0.4, 0.5) is 0 Å². The molecule has 106 valence electrons. The summed E-state index contributed by atoms with van der Waals surface area (Å²) >= 11 is 0. The Bertz CT molecular complexity index is 660. The number of hydrogen-bond acceptors (Lipinski definition) is 0. The Labute approximate surface area is 128 Å². The first-order chi connectivity index (χ1) is 10.2. The standard InChI is InChI=1S/C20H20S/c1-17-13-15-20(16-14-17)21(2,18-9-5-3-6-10-18)19-11-7-4-8-12-19/h3-16H,1-2H3. The summed E-state index contributed by atoms with van der Waals surface area (Å²) in [6.45, 7) is 2.14. The van der Waals surface area contributed by atoms with Crippen LogP contribution in [0.2, 0.25) is 0 Å². The van der Waals surface area contributed by atoms with Crippen LogP contribution in [0.3, 0.4) is 0 Å². The van der Waals surface area contributed by atoms with Crippen molar-refractivity contribution in [2.75, 3.05) is 6.26 Å². The first kappa shape index (κ1) is 14.0. The summed E-state index contributed by atoms with van der Waals surface area (Å²) < 4.78 is 0. The Morgan fingerprint density at radius 1 is 0.524 bits per heavy atom. The van der Waals surface area contributed by atoms with Crippen LogP contribution in [0.1, 0.15) is 5.56 Å². The molecule has 0 heterocycles. The number of aryl methyl sites for hydroxylation is 1. The fraction of sp³-hybridized carbons (Fsp3) is 0.100. The van der Waals surface area contributed by atoms with Gasteiger partial charge in [-0.2, -0.15) is 10.0 Å². The van der Waals surface area contributed by atoms with Gasteiger partial charge in [-0.25, -0.2) is 0 Å². The number of rotatable bonds is 3. The molecule has 0 radical (unpaired) electrons. The van der Waals surface area contributed by atoms with E-state index in [-0.39, 0.29) is 0 Å². The summed E-state index contributed by atoms with van der Waals surface area (Å²) in [6.07, 6.45) is 2.39. The molecule has 0 aliphatic heterocycles. The van der Waals surface area contributed by atoms with Gasteiger partial charge in [-0.05, 0) is 64.3 Å². The molecule has 0 N–H and O–H groups in total. The molecule has 3 aromatic carbocycles. The Morgan fingerprint density at radius 2 is 0.905 bits per heavy atom. The van der Waals surface area contributed by atoms with Crippen LogP contribution < -0.4 is 0 Å². The van der Waals surface area contributed by atoms with Crippen molar-refractivity contribution in [3.63, 3.8) is 0 Å². The predicted molar refractivity (Wildman–Crippen MR) is 92.4 cm³/mol. The van der Waals surface area contributed by atoms with Gasteiger partial charge in [-0.15, -0.1) is 0 Å². The van der Waals surface area contributed by atoms with E-state index < -0.39 is 10.0 Å². The van der Waals surface area contributed by atoms with Crippen molar-refractivity contribution in [1.82, 2.24) is 0 Å². The van der Waals surface area contributed by atoms with Gasteiger partial charge in [-0.3, -0.25) is 0 Å². The molecule has 0 bridgehead atoms. The lowest BCUT2D eigenvalue weighted by molar-refractivity contribution is 1.28. The fourth-order valence-electron chi connectivity index (χ4n) is 2.60. The highest BCUT2D eigenvalue weighted by Crippen LogP contribution is 2.65. The average molecular weight is 292 g/mol. The summed E-state index contributed by atoms with van der Waals surface area (Å²) in [5.41, 5.74) is 1.31. The average Bonchev–Trinajstić information content (AvgIpc) is 2.56. The van der Waals surface area contributed by atoms with Crippen LogP contribution >= 0.6 is 10.0 Å². The third-order valence-corrected chi connectivity index (χ3v) is 7.57. The quantitative estimate of drug-likeness (QED) is 0.563. The molecular weight excluding hydrogens is 272 g/mol. The molecule has 3 aromatic rings. The SMILES string of the molecule is Cc1ccc(S(C)(c2ccccc2)c2ccccc2)cc1. The highest BCUT2D eigenvalue weighted by molar-refractivity contribution is 8.33. The highest BCUT2D eigenvalue weighted by Gasteiger charge is 2.25. The Kier molecular flexibility index (Phi) is 3.85. The molecule has 0 fully saturated rings. The highest BCUT2D eigenvalue weighted by atomic mass is 32.3. The summed E-state index contributed by atoms with van der Waals surface area (Å²) in [5, 5.41) is 0. The molecule has 0 spiro atoms. The summed E-state index contributed by atoms with van der Waals surface area (Å²) in [4.78, 5) is 4.21. The van der Waals surface area contributed by atoms with Crippen molar-refractivity contribution in [3.8, 4) is 0 Å². The monoisotopic (exact) mass is 292 g/mol. The number of hydrogen-bond donors (Lipinski definition) is 0. The maximum absolute atomic E-state index is 2.39. The molecule has 0 nitrogen and oxygen atoms in total. The molecule has 0 unspecified atom stereocenters. The third kappa shape index (κ3) is 2.62. The van der Waals surface area contributed by atoms with Gasteiger partial charge in [0.1, 0.15) is 0 Å². The largest absolute Gasteiger partial charge is 0.163 e. The van der Waals surface area contributed by atoms with Crippen molar-refractivity contribution >= 4 is 10.0 Å². The lowest BCUT2D eigenvalue weighted by Crippen LogP contribution is -2.01. The van der Waals surface area contributed by atoms with Gasteiger partial charge in [0, 0.05) is 0 Å². The molecule has 0 aliphatic rings. The van der Waals surface area contributed by atoms with E-state index in [0.717, 1.165) is 0 Å². The first-order valence-corrected chi connectivity index (χ1v) is 9.20. The zero-order valence-corrected chi connectivity index (χ0v) is 13.3. The summed E-state index contributed by atoms with van der Waals surface area (Å²) in [5.74, 6) is 0. The van der Waals surface area contributed by atoms with Crippen LogP contribution in [0.15, 0.2) is 99.6 Å². The van der Waals surface area contributed by atoms with Crippen LogP contribution in [-0.4, -0.2) is 6.26 Å². The maximum atomic E-state index is 2.39. The first-order valence-electron chi connectivity index (χ1n) is 7.16. The normalized spacial score (nSPS) is 12.1. The van der Waals surface area contributed by atoms with Crippen LogP contribution in [-0.2, 0) is 0 Å². The summed E-state index contributed by atoms with van der Waals surface area (Å²) in [7, 11) is -1.19.